The number of amides is 2. The number of piperidine rings is 1. The fraction of sp³-hybridized carbons (Fsp3) is 0.667. The number of hydrogen-bond acceptors (Lipinski definition) is 4. The molecule has 2 fully saturated rings. The second kappa shape index (κ2) is 10.8. The lowest BCUT2D eigenvalue weighted by Crippen LogP contribution is -2.53. The van der Waals surface area contributed by atoms with Gasteiger partial charge in [-0.2, -0.15) is 0 Å². The van der Waals surface area contributed by atoms with Gasteiger partial charge in [-0.05, 0) is 69.7 Å². The van der Waals surface area contributed by atoms with Gasteiger partial charge < -0.3 is 19.9 Å². The highest BCUT2D eigenvalue weighted by Gasteiger charge is 2.32. The molecule has 2 heterocycles. The van der Waals surface area contributed by atoms with Crippen molar-refractivity contribution in [2.75, 3.05) is 39.3 Å². The lowest BCUT2D eigenvalue weighted by Gasteiger charge is -2.36. The van der Waals surface area contributed by atoms with Crippen LogP contribution in [0.1, 0.15) is 56.8 Å². The molecule has 0 spiro atoms. The van der Waals surface area contributed by atoms with Crippen LogP contribution in [-0.4, -0.2) is 67.0 Å². The van der Waals surface area contributed by atoms with Crippen LogP contribution in [0.25, 0.3) is 0 Å². The van der Waals surface area contributed by atoms with E-state index in [0.29, 0.717) is 23.8 Å². The van der Waals surface area contributed by atoms with E-state index in [1.54, 1.807) is 12.1 Å². The quantitative estimate of drug-likeness (QED) is 0.708. The fourth-order valence-corrected chi connectivity index (χ4v) is 4.53. The summed E-state index contributed by atoms with van der Waals surface area (Å²) < 4.78 is 5.58. The van der Waals surface area contributed by atoms with Crippen molar-refractivity contribution in [3.8, 4) is 5.75 Å². The smallest absolute Gasteiger partial charge is 0.255 e. The number of nitrogens with zero attached hydrogens (tertiary/aromatic N) is 2. The van der Waals surface area contributed by atoms with Gasteiger partial charge in [0.15, 0.2) is 0 Å². The molecule has 2 aliphatic rings. The number of carbonyl (C=O) groups excluding carboxylic acids is 2. The molecule has 30 heavy (non-hydrogen) atoms. The minimum atomic E-state index is -0.526. The van der Waals surface area contributed by atoms with Crippen LogP contribution in [0, 0.1) is 11.8 Å². The first kappa shape index (κ1) is 22.6. The fourth-order valence-electron chi connectivity index (χ4n) is 4.53. The Bertz CT molecular complexity index is 707. The molecule has 3 rings (SSSR count). The monoisotopic (exact) mass is 415 g/mol. The van der Waals surface area contributed by atoms with Crippen molar-refractivity contribution in [2.24, 2.45) is 11.8 Å². The highest BCUT2D eigenvalue weighted by Crippen LogP contribution is 2.23. The number of benzene rings is 1. The Morgan fingerprint density at radius 3 is 2.40 bits per heavy atom. The first-order valence-corrected chi connectivity index (χ1v) is 11.5. The zero-order valence-electron chi connectivity index (χ0n) is 18.7. The zero-order valence-corrected chi connectivity index (χ0v) is 18.7. The van der Waals surface area contributed by atoms with Crippen LogP contribution < -0.4 is 10.1 Å². The molecule has 0 aromatic heterocycles. The van der Waals surface area contributed by atoms with Crippen LogP contribution in [0.2, 0.25) is 0 Å². The Balaban J connectivity index is 1.58. The molecule has 0 aliphatic carbocycles. The summed E-state index contributed by atoms with van der Waals surface area (Å²) in [4.78, 5) is 30.7. The van der Waals surface area contributed by atoms with Gasteiger partial charge in [0.05, 0.1) is 12.2 Å². The van der Waals surface area contributed by atoms with Crippen molar-refractivity contribution in [3.63, 3.8) is 0 Å². The third-order valence-electron chi connectivity index (χ3n) is 6.29. The maximum absolute atomic E-state index is 13.2. The summed E-state index contributed by atoms with van der Waals surface area (Å²) in [5.41, 5.74) is 0.474. The van der Waals surface area contributed by atoms with Crippen LogP contribution in [-0.2, 0) is 4.79 Å². The second-order valence-corrected chi connectivity index (χ2v) is 8.90. The number of para-hydroxylation sites is 1. The van der Waals surface area contributed by atoms with Crippen molar-refractivity contribution in [3.05, 3.63) is 29.8 Å². The van der Waals surface area contributed by atoms with Gasteiger partial charge >= 0.3 is 0 Å². The van der Waals surface area contributed by atoms with Gasteiger partial charge in [0, 0.05) is 19.6 Å². The molecular weight excluding hydrogens is 378 g/mol. The maximum atomic E-state index is 13.2. The van der Waals surface area contributed by atoms with Gasteiger partial charge in [-0.25, -0.2) is 0 Å². The van der Waals surface area contributed by atoms with Gasteiger partial charge in [0.2, 0.25) is 5.91 Å². The molecule has 2 saturated heterocycles. The number of rotatable bonds is 8. The Morgan fingerprint density at radius 1 is 1.10 bits per heavy atom. The van der Waals surface area contributed by atoms with Gasteiger partial charge in [0.1, 0.15) is 11.8 Å². The van der Waals surface area contributed by atoms with E-state index in [0.717, 1.165) is 25.9 Å². The van der Waals surface area contributed by atoms with Gasteiger partial charge in [-0.3, -0.25) is 9.59 Å². The number of hydrogen-bond donors (Lipinski definition) is 1. The van der Waals surface area contributed by atoms with Crippen molar-refractivity contribution >= 4 is 11.8 Å². The van der Waals surface area contributed by atoms with E-state index in [9.17, 15) is 9.59 Å². The van der Waals surface area contributed by atoms with Crippen LogP contribution in [0.15, 0.2) is 24.3 Å². The summed E-state index contributed by atoms with van der Waals surface area (Å²) >= 11 is 0. The largest absolute Gasteiger partial charge is 0.493 e. The molecular formula is C24H37N3O3. The number of likely N-dealkylation sites (tertiary alicyclic amines) is 2. The summed E-state index contributed by atoms with van der Waals surface area (Å²) in [5.74, 6) is 1.03. The normalized spacial score (nSPS) is 19.1. The molecule has 0 bridgehead atoms. The first-order valence-electron chi connectivity index (χ1n) is 11.5. The summed E-state index contributed by atoms with van der Waals surface area (Å²) in [6.45, 7) is 11.5. The summed E-state index contributed by atoms with van der Waals surface area (Å²) in [7, 11) is 0. The molecule has 6 nitrogen and oxygen atoms in total. The first-order chi connectivity index (χ1) is 14.5. The SMILES string of the molecule is CCOc1ccccc1C(=O)NC(C(=O)N1CCC(CN2CCCC2)CC1)C(C)C. The minimum Gasteiger partial charge on any atom is -0.493 e. The molecule has 1 unspecified atom stereocenters. The Morgan fingerprint density at radius 2 is 1.77 bits per heavy atom. The Labute approximate surface area is 180 Å². The zero-order chi connectivity index (χ0) is 21.5. The van der Waals surface area contributed by atoms with Crippen molar-refractivity contribution < 1.29 is 14.3 Å². The van der Waals surface area contributed by atoms with E-state index >= 15 is 0 Å². The summed E-state index contributed by atoms with van der Waals surface area (Å²) in [6.07, 6.45) is 4.74. The Hall–Kier alpha value is -2.08. The van der Waals surface area contributed by atoms with Gasteiger partial charge in [-0.15, -0.1) is 0 Å². The molecule has 6 heteroatoms. The number of ether oxygens (including phenoxy) is 1. The lowest BCUT2D eigenvalue weighted by atomic mass is 9.94. The minimum absolute atomic E-state index is 0.0167. The number of nitrogens with one attached hydrogen (secondary N) is 1. The standard InChI is InChI=1S/C24H37N3O3/c1-4-30-21-10-6-5-9-20(21)23(28)25-22(18(2)3)24(29)27-15-11-19(12-16-27)17-26-13-7-8-14-26/h5-6,9-10,18-19,22H,4,7-8,11-17H2,1-3H3,(H,25,28). The van der Waals surface area contributed by atoms with E-state index in [2.05, 4.69) is 10.2 Å². The lowest BCUT2D eigenvalue weighted by molar-refractivity contribution is -0.135. The summed E-state index contributed by atoms with van der Waals surface area (Å²) in [5, 5.41) is 2.98. The van der Waals surface area contributed by atoms with Crippen molar-refractivity contribution in [2.45, 2.75) is 52.5 Å². The molecule has 2 aliphatic heterocycles. The topological polar surface area (TPSA) is 61.9 Å². The molecule has 2 amide bonds. The molecule has 0 saturated carbocycles. The highest BCUT2D eigenvalue weighted by molar-refractivity contribution is 5.99. The Kier molecular flexibility index (Phi) is 8.14. The van der Waals surface area contributed by atoms with E-state index in [1.807, 2.05) is 37.8 Å². The van der Waals surface area contributed by atoms with Crippen LogP contribution in [0.3, 0.4) is 0 Å². The molecule has 1 aromatic rings. The van der Waals surface area contributed by atoms with Crippen LogP contribution in [0.4, 0.5) is 0 Å². The van der Waals surface area contributed by atoms with E-state index < -0.39 is 6.04 Å². The van der Waals surface area contributed by atoms with Crippen LogP contribution >= 0.6 is 0 Å². The van der Waals surface area contributed by atoms with Crippen molar-refractivity contribution in [1.29, 1.82) is 0 Å². The third-order valence-corrected chi connectivity index (χ3v) is 6.29. The summed E-state index contributed by atoms with van der Waals surface area (Å²) in [6, 6.07) is 6.66. The maximum Gasteiger partial charge on any atom is 0.255 e. The van der Waals surface area contributed by atoms with E-state index in [4.69, 9.17) is 4.74 Å². The van der Waals surface area contributed by atoms with Crippen molar-refractivity contribution in [1.82, 2.24) is 15.1 Å². The van der Waals surface area contributed by atoms with Gasteiger partial charge in [0.25, 0.3) is 5.91 Å². The molecule has 0 radical (unpaired) electrons. The average molecular weight is 416 g/mol. The third kappa shape index (κ3) is 5.75. The van der Waals surface area contributed by atoms with Gasteiger partial charge in [-0.1, -0.05) is 26.0 Å². The number of carbonyl (C=O) groups is 2. The molecule has 166 valence electrons. The average Bonchev–Trinajstić information content (AvgIpc) is 3.25. The predicted octanol–water partition coefficient (Wildman–Crippen LogP) is 3.17. The van der Waals surface area contributed by atoms with E-state index in [1.165, 1.54) is 32.5 Å². The predicted molar refractivity (Wildman–Crippen MR) is 119 cm³/mol. The molecule has 1 aromatic carbocycles. The van der Waals surface area contributed by atoms with E-state index in [-0.39, 0.29) is 17.7 Å². The molecule has 1 atom stereocenters. The molecule has 1 N–H and O–H groups in total. The highest BCUT2D eigenvalue weighted by atomic mass is 16.5. The van der Waals surface area contributed by atoms with Crippen LogP contribution in [0.5, 0.6) is 5.75 Å². The second-order valence-electron chi connectivity index (χ2n) is 8.90.